The summed E-state index contributed by atoms with van der Waals surface area (Å²) in [5, 5.41) is 13.8. The lowest BCUT2D eigenvalue weighted by atomic mass is 9.76. The minimum Gasteiger partial charge on any atom is -0.477 e. The Labute approximate surface area is 106 Å². The molecular weight excluding hydrogens is 232 g/mol. The lowest BCUT2D eigenvalue weighted by Gasteiger charge is -2.28. The highest BCUT2D eigenvalue weighted by atomic mass is 16.4. The summed E-state index contributed by atoms with van der Waals surface area (Å²) in [5.74, 6) is 4.33. The van der Waals surface area contributed by atoms with Crippen LogP contribution in [0.5, 0.6) is 0 Å². The number of aromatic carboxylic acids is 1. The highest BCUT2D eigenvalue weighted by Gasteiger charge is 2.32. The monoisotopic (exact) mass is 252 g/mol. The van der Waals surface area contributed by atoms with Crippen LogP contribution in [-0.4, -0.2) is 27.4 Å². The minimum atomic E-state index is -0.904. The molecule has 1 aromatic rings. The topological polar surface area (TPSA) is 93.2 Å². The van der Waals surface area contributed by atoms with Gasteiger partial charge < -0.3 is 5.11 Å². The van der Waals surface area contributed by atoms with E-state index in [0.717, 1.165) is 30.5 Å². The molecule has 1 aliphatic rings. The van der Waals surface area contributed by atoms with Crippen LogP contribution in [0.1, 0.15) is 42.0 Å². The van der Waals surface area contributed by atoms with Crippen molar-refractivity contribution >= 4 is 5.97 Å². The third kappa shape index (κ3) is 2.39. The van der Waals surface area contributed by atoms with Crippen molar-refractivity contribution in [2.75, 3.05) is 6.54 Å². The van der Waals surface area contributed by atoms with E-state index in [2.05, 4.69) is 24.4 Å². The molecule has 0 atom stereocenters. The molecule has 0 aliphatic heterocycles. The van der Waals surface area contributed by atoms with Crippen molar-refractivity contribution in [2.24, 2.45) is 11.3 Å². The van der Waals surface area contributed by atoms with Crippen LogP contribution in [0.15, 0.2) is 0 Å². The molecule has 0 radical (unpaired) electrons. The zero-order valence-corrected chi connectivity index (χ0v) is 10.9. The molecule has 18 heavy (non-hydrogen) atoms. The average Bonchev–Trinajstić information content (AvgIpc) is 2.62. The maximum Gasteiger partial charge on any atom is 0.354 e. The Bertz CT molecular complexity index is 465. The van der Waals surface area contributed by atoms with Crippen LogP contribution in [0.25, 0.3) is 0 Å². The maximum atomic E-state index is 11.4. The number of carboxylic acid groups (broad SMARTS) is 1. The first-order chi connectivity index (χ1) is 8.44. The molecule has 0 fully saturated rings. The van der Waals surface area contributed by atoms with Gasteiger partial charge in [0.2, 0.25) is 0 Å². The largest absolute Gasteiger partial charge is 0.477 e. The highest BCUT2D eigenvalue weighted by molar-refractivity contribution is 5.88. The van der Waals surface area contributed by atoms with E-state index in [9.17, 15) is 9.90 Å². The zero-order chi connectivity index (χ0) is 13.3. The summed E-state index contributed by atoms with van der Waals surface area (Å²) in [4.78, 5) is 11.4. The van der Waals surface area contributed by atoms with Crippen LogP contribution in [-0.2, 0) is 19.4 Å². The lowest BCUT2D eigenvalue weighted by molar-refractivity contribution is 0.0681. The van der Waals surface area contributed by atoms with E-state index in [1.807, 2.05) is 0 Å². The molecule has 0 saturated heterocycles. The third-order valence-corrected chi connectivity index (χ3v) is 3.50. The molecule has 0 bridgehead atoms. The van der Waals surface area contributed by atoms with Gasteiger partial charge in [-0.05, 0) is 24.7 Å². The fourth-order valence-electron chi connectivity index (χ4n) is 2.53. The SMILES string of the molecule is CC1(C)CCc2nn(CCNN)c(C(=O)O)c2C1. The molecule has 0 amide bonds. The molecule has 0 aromatic carbocycles. The Morgan fingerprint density at radius 2 is 2.33 bits per heavy atom. The summed E-state index contributed by atoms with van der Waals surface area (Å²) in [6, 6.07) is 0. The van der Waals surface area contributed by atoms with Gasteiger partial charge >= 0.3 is 5.97 Å². The Balaban J connectivity index is 2.39. The molecule has 2 rings (SSSR count). The number of carbonyl (C=O) groups is 1. The summed E-state index contributed by atoms with van der Waals surface area (Å²) in [6.45, 7) is 5.32. The number of hydrazine groups is 1. The summed E-state index contributed by atoms with van der Waals surface area (Å²) in [6.07, 6.45) is 2.68. The second kappa shape index (κ2) is 4.70. The van der Waals surface area contributed by atoms with Gasteiger partial charge in [0.15, 0.2) is 0 Å². The predicted octanol–water partition coefficient (Wildman–Crippen LogP) is 0.560. The van der Waals surface area contributed by atoms with Gasteiger partial charge in [0.25, 0.3) is 0 Å². The van der Waals surface area contributed by atoms with Gasteiger partial charge in [0.05, 0.1) is 12.2 Å². The normalized spacial score (nSPS) is 17.5. The van der Waals surface area contributed by atoms with Crippen LogP contribution in [0, 0.1) is 5.41 Å². The molecule has 0 saturated carbocycles. The standard InChI is InChI=1S/C12H20N4O2/c1-12(2)4-3-9-8(7-12)10(11(17)18)16(15-9)6-5-14-13/h14H,3-7,13H2,1-2H3,(H,17,18). The van der Waals surface area contributed by atoms with Gasteiger partial charge in [-0.25, -0.2) is 4.79 Å². The first-order valence-corrected chi connectivity index (χ1v) is 6.20. The van der Waals surface area contributed by atoms with E-state index in [4.69, 9.17) is 5.84 Å². The van der Waals surface area contributed by atoms with Gasteiger partial charge in [-0.1, -0.05) is 13.8 Å². The second-order valence-corrected chi connectivity index (χ2v) is 5.60. The Kier molecular flexibility index (Phi) is 3.41. The first-order valence-electron chi connectivity index (χ1n) is 6.20. The number of aryl methyl sites for hydroxylation is 1. The summed E-state index contributed by atoms with van der Waals surface area (Å²) >= 11 is 0. The molecular formula is C12H20N4O2. The number of nitrogens with one attached hydrogen (secondary N) is 1. The molecule has 0 spiro atoms. The molecule has 6 nitrogen and oxygen atoms in total. The van der Waals surface area contributed by atoms with E-state index in [1.165, 1.54) is 0 Å². The number of hydrogen-bond acceptors (Lipinski definition) is 4. The van der Waals surface area contributed by atoms with Gasteiger partial charge in [-0.3, -0.25) is 16.0 Å². The van der Waals surface area contributed by atoms with Crippen LogP contribution in [0.2, 0.25) is 0 Å². The van der Waals surface area contributed by atoms with Gasteiger partial charge in [0, 0.05) is 12.1 Å². The Morgan fingerprint density at radius 3 is 2.94 bits per heavy atom. The second-order valence-electron chi connectivity index (χ2n) is 5.60. The van der Waals surface area contributed by atoms with Crippen LogP contribution in [0.4, 0.5) is 0 Å². The Morgan fingerprint density at radius 1 is 1.61 bits per heavy atom. The van der Waals surface area contributed by atoms with Crippen LogP contribution < -0.4 is 11.3 Å². The van der Waals surface area contributed by atoms with Crippen molar-refractivity contribution in [3.8, 4) is 0 Å². The summed E-state index contributed by atoms with van der Waals surface area (Å²) in [7, 11) is 0. The number of carboxylic acids is 1. The molecule has 1 heterocycles. The molecule has 6 heteroatoms. The van der Waals surface area contributed by atoms with Crippen LogP contribution in [0.3, 0.4) is 0 Å². The van der Waals surface area contributed by atoms with Crippen molar-refractivity contribution in [3.05, 3.63) is 17.0 Å². The number of rotatable bonds is 4. The maximum absolute atomic E-state index is 11.4. The minimum absolute atomic E-state index is 0.150. The summed E-state index contributed by atoms with van der Waals surface area (Å²) < 4.78 is 1.56. The molecule has 100 valence electrons. The van der Waals surface area contributed by atoms with Gasteiger partial charge in [-0.2, -0.15) is 5.10 Å². The number of nitrogens with two attached hydrogens (primary N) is 1. The van der Waals surface area contributed by atoms with Crippen molar-refractivity contribution in [1.29, 1.82) is 0 Å². The van der Waals surface area contributed by atoms with E-state index in [0.29, 0.717) is 18.8 Å². The molecule has 1 aromatic heterocycles. The number of hydrogen-bond donors (Lipinski definition) is 3. The van der Waals surface area contributed by atoms with Crippen molar-refractivity contribution in [3.63, 3.8) is 0 Å². The molecule has 1 aliphatic carbocycles. The van der Waals surface area contributed by atoms with E-state index >= 15 is 0 Å². The van der Waals surface area contributed by atoms with Crippen molar-refractivity contribution in [1.82, 2.24) is 15.2 Å². The predicted molar refractivity (Wildman–Crippen MR) is 67.2 cm³/mol. The lowest BCUT2D eigenvalue weighted by Crippen LogP contribution is -2.28. The van der Waals surface area contributed by atoms with Gasteiger partial charge in [-0.15, -0.1) is 0 Å². The van der Waals surface area contributed by atoms with E-state index < -0.39 is 5.97 Å². The summed E-state index contributed by atoms with van der Waals surface area (Å²) in [5.41, 5.74) is 4.83. The zero-order valence-electron chi connectivity index (χ0n) is 10.9. The number of fused-ring (bicyclic) bond motifs is 1. The first kappa shape index (κ1) is 13.0. The fraction of sp³-hybridized carbons (Fsp3) is 0.667. The third-order valence-electron chi connectivity index (χ3n) is 3.50. The van der Waals surface area contributed by atoms with E-state index in [1.54, 1.807) is 4.68 Å². The quantitative estimate of drug-likeness (QED) is 0.538. The number of nitrogens with zero attached hydrogens (tertiary/aromatic N) is 2. The molecule has 4 N–H and O–H groups in total. The van der Waals surface area contributed by atoms with Crippen molar-refractivity contribution < 1.29 is 9.90 Å². The molecule has 0 unspecified atom stereocenters. The van der Waals surface area contributed by atoms with Gasteiger partial charge in [0.1, 0.15) is 5.69 Å². The van der Waals surface area contributed by atoms with Crippen LogP contribution >= 0.6 is 0 Å². The van der Waals surface area contributed by atoms with Crippen molar-refractivity contribution in [2.45, 2.75) is 39.7 Å². The number of aromatic nitrogens is 2. The fourth-order valence-corrected chi connectivity index (χ4v) is 2.53. The van der Waals surface area contributed by atoms with E-state index in [-0.39, 0.29) is 5.41 Å². The Hall–Kier alpha value is -1.40. The smallest absolute Gasteiger partial charge is 0.354 e. The highest BCUT2D eigenvalue weighted by Crippen LogP contribution is 2.35. The average molecular weight is 252 g/mol.